The standard InChI is InChI=1S/C17H19ClN2O3/c1-2-20-10-14(17(22)19-9-12-4-3-7-23-12)16(21)13-8-11(18)5-6-15(13)20/h5-6,8,10,12H,2-4,7,9H2,1H3,(H,19,22). The molecule has 1 aromatic heterocycles. The van der Waals surface area contributed by atoms with Crippen LogP contribution in [0.5, 0.6) is 0 Å². The zero-order valence-corrected chi connectivity index (χ0v) is 13.7. The molecule has 0 spiro atoms. The lowest BCUT2D eigenvalue weighted by atomic mass is 10.1. The summed E-state index contributed by atoms with van der Waals surface area (Å²) in [5, 5.41) is 3.74. The molecule has 5 nitrogen and oxygen atoms in total. The largest absolute Gasteiger partial charge is 0.376 e. The summed E-state index contributed by atoms with van der Waals surface area (Å²) in [6.45, 7) is 3.78. The van der Waals surface area contributed by atoms with Crippen molar-refractivity contribution in [3.63, 3.8) is 0 Å². The molecule has 0 radical (unpaired) electrons. The third-order valence-electron chi connectivity index (χ3n) is 4.14. The first-order valence-corrected chi connectivity index (χ1v) is 8.20. The van der Waals surface area contributed by atoms with Gasteiger partial charge in [-0.1, -0.05) is 11.6 Å². The number of aryl methyl sites for hydroxylation is 1. The first-order chi connectivity index (χ1) is 11.1. The number of nitrogens with one attached hydrogen (secondary N) is 1. The van der Waals surface area contributed by atoms with Crippen molar-refractivity contribution in [3.05, 3.63) is 45.2 Å². The van der Waals surface area contributed by atoms with Gasteiger partial charge in [-0.2, -0.15) is 0 Å². The highest BCUT2D eigenvalue weighted by Gasteiger charge is 2.19. The zero-order chi connectivity index (χ0) is 16.4. The molecule has 122 valence electrons. The predicted molar refractivity (Wildman–Crippen MR) is 90.2 cm³/mol. The highest BCUT2D eigenvalue weighted by molar-refractivity contribution is 6.31. The first-order valence-electron chi connectivity index (χ1n) is 7.82. The number of benzene rings is 1. The van der Waals surface area contributed by atoms with Crippen molar-refractivity contribution in [1.29, 1.82) is 0 Å². The number of fused-ring (bicyclic) bond motifs is 1. The van der Waals surface area contributed by atoms with Gasteiger partial charge in [-0.05, 0) is 38.0 Å². The van der Waals surface area contributed by atoms with Gasteiger partial charge >= 0.3 is 0 Å². The van der Waals surface area contributed by atoms with Crippen LogP contribution in [0, 0.1) is 0 Å². The van der Waals surface area contributed by atoms with E-state index in [-0.39, 0.29) is 23.0 Å². The van der Waals surface area contributed by atoms with Gasteiger partial charge in [-0.3, -0.25) is 9.59 Å². The van der Waals surface area contributed by atoms with Crippen LogP contribution in [0.25, 0.3) is 10.9 Å². The third kappa shape index (κ3) is 3.26. The number of pyridine rings is 1. The summed E-state index contributed by atoms with van der Waals surface area (Å²) in [6.07, 6.45) is 3.61. The number of aromatic nitrogens is 1. The number of ether oxygens (including phenoxy) is 1. The van der Waals surface area contributed by atoms with Gasteiger partial charge in [0, 0.05) is 36.3 Å². The number of halogens is 1. The molecule has 0 aliphatic carbocycles. The lowest BCUT2D eigenvalue weighted by molar-refractivity contribution is 0.0856. The lowest BCUT2D eigenvalue weighted by Gasteiger charge is -2.13. The molecule has 1 amide bonds. The minimum absolute atomic E-state index is 0.0438. The average molecular weight is 335 g/mol. The van der Waals surface area contributed by atoms with E-state index in [1.807, 2.05) is 11.5 Å². The zero-order valence-electron chi connectivity index (χ0n) is 13.0. The molecule has 0 bridgehead atoms. The molecule has 1 N–H and O–H groups in total. The summed E-state index contributed by atoms with van der Waals surface area (Å²) < 4.78 is 7.37. The van der Waals surface area contributed by atoms with Gasteiger partial charge in [0.25, 0.3) is 5.91 Å². The molecule has 1 fully saturated rings. The van der Waals surface area contributed by atoms with Crippen LogP contribution in [0.2, 0.25) is 5.02 Å². The molecule has 6 heteroatoms. The van der Waals surface area contributed by atoms with Crippen molar-refractivity contribution in [3.8, 4) is 0 Å². The number of amides is 1. The monoisotopic (exact) mass is 334 g/mol. The van der Waals surface area contributed by atoms with Gasteiger partial charge in [0.1, 0.15) is 5.56 Å². The van der Waals surface area contributed by atoms with Crippen molar-refractivity contribution in [2.45, 2.75) is 32.4 Å². The van der Waals surface area contributed by atoms with Crippen LogP contribution in [0.4, 0.5) is 0 Å². The van der Waals surface area contributed by atoms with E-state index in [9.17, 15) is 9.59 Å². The number of rotatable bonds is 4. The maximum atomic E-state index is 12.6. The summed E-state index contributed by atoms with van der Waals surface area (Å²) in [4.78, 5) is 25.0. The van der Waals surface area contributed by atoms with Crippen LogP contribution >= 0.6 is 11.6 Å². The molecule has 1 aliphatic heterocycles. The Morgan fingerprint density at radius 3 is 3.00 bits per heavy atom. The Bertz CT molecular complexity index is 794. The predicted octanol–water partition coefficient (Wildman–Crippen LogP) is 2.58. The summed E-state index contributed by atoms with van der Waals surface area (Å²) in [7, 11) is 0. The maximum Gasteiger partial charge on any atom is 0.256 e. The number of hydrogen-bond donors (Lipinski definition) is 1. The highest BCUT2D eigenvalue weighted by atomic mass is 35.5. The van der Waals surface area contributed by atoms with E-state index in [4.69, 9.17) is 16.3 Å². The molecule has 2 heterocycles. The topological polar surface area (TPSA) is 60.3 Å². The summed E-state index contributed by atoms with van der Waals surface area (Å²) in [6, 6.07) is 5.16. The quantitative estimate of drug-likeness (QED) is 0.935. The normalized spacial score (nSPS) is 17.6. The Balaban J connectivity index is 1.94. The third-order valence-corrected chi connectivity index (χ3v) is 4.38. The van der Waals surface area contributed by atoms with Crippen molar-refractivity contribution >= 4 is 28.4 Å². The molecule has 1 aliphatic rings. The molecule has 23 heavy (non-hydrogen) atoms. The maximum absolute atomic E-state index is 12.6. The summed E-state index contributed by atoms with van der Waals surface area (Å²) in [5.74, 6) is -0.366. The number of carbonyl (C=O) groups excluding carboxylic acids is 1. The van der Waals surface area contributed by atoms with Crippen LogP contribution in [0.1, 0.15) is 30.1 Å². The summed E-state index contributed by atoms with van der Waals surface area (Å²) in [5.41, 5.74) is 0.620. The number of carbonyl (C=O) groups is 1. The Labute approximate surface area is 139 Å². The molecule has 2 aromatic rings. The van der Waals surface area contributed by atoms with Gasteiger partial charge < -0.3 is 14.6 Å². The van der Waals surface area contributed by atoms with Gasteiger partial charge in [-0.15, -0.1) is 0 Å². The van der Waals surface area contributed by atoms with Crippen LogP contribution in [-0.2, 0) is 11.3 Å². The highest BCUT2D eigenvalue weighted by Crippen LogP contribution is 2.18. The van der Waals surface area contributed by atoms with Gasteiger partial charge in [-0.25, -0.2) is 0 Å². The lowest BCUT2D eigenvalue weighted by Crippen LogP contribution is -2.35. The van der Waals surface area contributed by atoms with E-state index >= 15 is 0 Å². The van der Waals surface area contributed by atoms with Crippen molar-refractivity contribution in [1.82, 2.24) is 9.88 Å². The van der Waals surface area contributed by atoms with E-state index in [1.165, 1.54) is 0 Å². The minimum atomic E-state index is -0.366. The van der Waals surface area contributed by atoms with Crippen LogP contribution in [-0.4, -0.2) is 29.7 Å². The second-order valence-electron chi connectivity index (χ2n) is 5.66. The van der Waals surface area contributed by atoms with E-state index in [1.54, 1.807) is 24.4 Å². The second-order valence-corrected chi connectivity index (χ2v) is 6.10. The molecular formula is C17H19ClN2O3. The molecule has 1 aromatic carbocycles. The van der Waals surface area contributed by atoms with Gasteiger partial charge in [0.15, 0.2) is 0 Å². The molecule has 1 unspecified atom stereocenters. The second kappa shape index (κ2) is 6.72. The number of hydrogen-bond acceptors (Lipinski definition) is 3. The number of nitrogens with zero attached hydrogens (tertiary/aromatic N) is 1. The molecule has 3 rings (SSSR count). The Hall–Kier alpha value is -1.85. The Morgan fingerprint density at radius 1 is 1.48 bits per heavy atom. The molecular weight excluding hydrogens is 316 g/mol. The van der Waals surface area contributed by atoms with Crippen LogP contribution < -0.4 is 10.7 Å². The van der Waals surface area contributed by atoms with Gasteiger partial charge in [0.05, 0.1) is 11.6 Å². The fourth-order valence-electron chi connectivity index (χ4n) is 2.90. The van der Waals surface area contributed by atoms with E-state index in [0.717, 1.165) is 25.0 Å². The van der Waals surface area contributed by atoms with Crippen molar-refractivity contribution < 1.29 is 9.53 Å². The molecule has 1 saturated heterocycles. The van der Waals surface area contributed by atoms with E-state index in [0.29, 0.717) is 23.5 Å². The molecule has 0 saturated carbocycles. The van der Waals surface area contributed by atoms with Crippen molar-refractivity contribution in [2.75, 3.05) is 13.2 Å². The fourth-order valence-corrected chi connectivity index (χ4v) is 3.07. The van der Waals surface area contributed by atoms with E-state index in [2.05, 4.69) is 5.32 Å². The fraction of sp³-hybridized carbons (Fsp3) is 0.412. The molecule has 1 atom stereocenters. The van der Waals surface area contributed by atoms with Crippen LogP contribution in [0.3, 0.4) is 0 Å². The van der Waals surface area contributed by atoms with E-state index < -0.39 is 0 Å². The average Bonchev–Trinajstić information content (AvgIpc) is 3.07. The first kappa shape index (κ1) is 16.0. The SMILES string of the molecule is CCn1cc(C(=O)NCC2CCCO2)c(=O)c2cc(Cl)ccc21. The Morgan fingerprint density at radius 2 is 2.30 bits per heavy atom. The van der Waals surface area contributed by atoms with Crippen molar-refractivity contribution in [2.24, 2.45) is 0 Å². The van der Waals surface area contributed by atoms with Crippen LogP contribution in [0.15, 0.2) is 29.2 Å². The van der Waals surface area contributed by atoms with Gasteiger partial charge in [0.2, 0.25) is 5.43 Å². The smallest absolute Gasteiger partial charge is 0.256 e. The Kier molecular flexibility index (Phi) is 4.68. The minimum Gasteiger partial charge on any atom is -0.376 e. The summed E-state index contributed by atoms with van der Waals surface area (Å²) >= 11 is 6.00.